The van der Waals surface area contributed by atoms with E-state index >= 15 is 0 Å². The van der Waals surface area contributed by atoms with E-state index in [-0.39, 0.29) is 6.04 Å². The number of hydrogen-bond donors (Lipinski definition) is 2. The Bertz CT molecular complexity index is 971. The number of ether oxygens (including phenoxy) is 1. The Labute approximate surface area is 189 Å². The molecule has 1 fully saturated rings. The third kappa shape index (κ3) is 5.29. The molecule has 7 nitrogen and oxygen atoms in total. The van der Waals surface area contributed by atoms with Crippen molar-refractivity contribution in [3.8, 4) is 0 Å². The number of nitrogens with one attached hydrogen (secondary N) is 2. The van der Waals surface area contributed by atoms with E-state index < -0.39 is 11.8 Å². The molecule has 2 aliphatic rings. The molecule has 2 aromatic rings. The second-order valence-electron chi connectivity index (χ2n) is 8.61. The van der Waals surface area contributed by atoms with Crippen molar-refractivity contribution in [3.63, 3.8) is 0 Å². The number of fused-ring (bicyclic) bond motifs is 1. The third-order valence-electron chi connectivity index (χ3n) is 6.26. The van der Waals surface area contributed by atoms with Crippen LogP contribution in [-0.4, -0.2) is 63.2 Å². The number of rotatable bonds is 5. The van der Waals surface area contributed by atoms with Crippen molar-refractivity contribution in [2.45, 2.75) is 25.8 Å². The van der Waals surface area contributed by atoms with Gasteiger partial charge in [0.2, 0.25) is 0 Å². The predicted octanol–water partition coefficient (Wildman–Crippen LogP) is 2.51. The molecule has 0 bridgehead atoms. The standard InChI is InChI=1S/C25H32N4O3/c1-18-5-3-7-21(15-18)27-25(31)24(30)26-17-23(29-11-13-32-14-12-29)20-8-9-22-19(16-20)6-4-10-28(22)2/h3,5,7-9,15-16,23H,4,6,10-14,17H2,1-2H3,(H,26,30)(H,27,31)/t23-/m1/s1. The van der Waals surface area contributed by atoms with Crippen LogP contribution in [0.3, 0.4) is 0 Å². The van der Waals surface area contributed by atoms with Gasteiger partial charge in [-0.2, -0.15) is 0 Å². The van der Waals surface area contributed by atoms with Crippen LogP contribution in [0.1, 0.15) is 29.2 Å². The summed E-state index contributed by atoms with van der Waals surface area (Å²) in [6, 6.07) is 14.0. The summed E-state index contributed by atoms with van der Waals surface area (Å²) in [5.41, 5.74) is 5.43. The summed E-state index contributed by atoms with van der Waals surface area (Å²) in [6.45, 7) is 6.33. The van der Waals surface area contributed by atoms with E-state index in [4.69, 9.17) is 4.74 Å². The topological polar surface area (TPSA) is 73.9 Å². The largest absolute Gasteiger partial charge is 0.379 e. The number of anilines is 2. The van der Waals surface area contributed by atoms with Gasteiger partial charge in [0, 0.05) is 44.6 Å². The predicted molar refractivity (Wildman–Crippen MR) is 126 cm³/mol. The normalized spacial score (nSPS) is 17.4. The molecule has 2 amide bonds. The van der Waals surface area contributed by atoms with E-state index in [9.17, 15) is 9.59 Å². The average Bonchev–Trinajstić information content (AvgIpc) is 2.80. The summed E-state index contributed by atoms with van der Waals surface area (Å²) in [5.74, 6) is -1.27. The molecule has 2 N–H and O–H groups in total. The van der Waals surface area contributed by atoms with Gasteiger partial charge in [0.05, 0.1) is 19.3 Å². The van der Waals surface area contributed by atoms with Gasteiger partial charge in [-0.1, -0.05) is 24.3 Å². The Morgan fingerprint density at radius 1 is 1.06 bits per heavy atom. The van der Waals surface area contributed by atoms with Gasteiger partial charge in [0.15, 0.2) is 0 Å². The maximum atomic E-state index is 12.6. The molecule has 4 rings (SSSR count). The van der Waals surface area contributed by atoms with Gasteiger partial charge >= 0.3 is 11.8 Å². The van der Waals surface area contributed by atoms with Gasteiger partial charge in [-0.05, 0) is 54.7 Å². The maximum Gasteiger partial charge on any atom is 0.313 e. The second kappa shape index (κ2) is 10.1. The molecular formula is C25H32N4O3. The van der Waals surface area contributed by atoms with E-state index in [0.29, 0.717) is 25.4 Å². The fraction of sp³-hybridized carbons (Fsp3) is 0.440. The summed E-state index contributed by atoms with van der Waals surface area (Å²) in [5, 5.41) is 5.54. The molecule has 1 saturated heterocycles. The Balaban J connectivity index is 1.46. The van der Waals surface area contributed by atoms with Crippen molar-refractivity contribution in [1.29, 1.82) is 0 Å². The van der Waals surface area contributed by atoms with Crippen LogP contribution in [0.4, 0.5) is 11.4 Å². The first-order valence-corrected chi connectivity index (χ1v) is 11.3. The molecule has 0 unspecified atom stereocenters. The fourth-order valence-electron chi connectivity index (χ4n) is 4.54. The molecule has 0 saturated carbocycles. The monoisotopic (exact) mass is 436 g/mol. The molecule has 0 spiro atoms. The Morgan fingerprint density at radius 2 is 1.88 bits per heavy atom. The van der Waals surface area contributed by atoms with E-state index in [1.807, 2.05) is 25.1 Å². The number of hydrogen-bond acceptors (Lipinski definition) is 5. The first-order valence-electron chi connectivity index (χ1n) is 11.3. The number of amides is 2. The highest BCUT2D eigenvalue weighted by atomic mass is 16.5. The summed E-state index contributed by atoms with van der Waals surface area (Å²) < 4.78 is 5.53. The summed E-state index contributed by atoms with van der Waals surface area (Å²) in [7, 11) is 2.13. The molecule has 7 heteroatoms. The summed E-state index contributed by atoms with van der Waals surface area (Å²) >= 11 is 0. The molecule has 2 aliphatic heterocycles. The van der Waals surface area contributed by atoms with Crippen LogP contribution in [-0.2, 0) is 20.7 Å². The zero-order chi connectivity index (χ0) is 22.5. The zero-order valence-corrected chi connectivity index (χ0v) is 18.9. The van der Waals surface area contributed by atoms with Crippen molar-refractivity contribution >= 4 is 23.2 Å². The first kappa shape index (κ1) is 22.3. The number of aryl methyl sites for hydroxylation is 2. The Hall–Kier alpha value is -2.90. The van der Waals surface area contributed by atoms with Crippen molar-refractivity contribution in [2.75, 3.05) is 56.7 Å². The van der Waals surface area contributed by atoms with Crippen LogP contribution < -0.4 is 15.5 Å². The fourth-order valence-corrected chi connectivity index (χ4v) is 4.54. The maximum absolute atomic E-state index is 12.6. The van der Waals surface area contributed by atoms with Crippen molar-refractivity contribution in [3.05, 3.63) is 59.2 Å². The SMILES string of the molecule is Cc1cccc(NC(=O)C(=O)NC[C@H](c2ccc3c(c2)CCCN3C)N2CCOCC2)c1. The lowest BCUT2D eigenvalue weighted by molar-refractivity contribution is -0.136. The minimum absolute atomic E-state index is 0.00727. The summed E-state index contributed by atoms with van der Waals surface area (Å²) in [4.78, 5) is 29.6. The van der Waals surface area contributed by atoms with Gasteiger partial charge in [-0.25, -0.2) is 0 Å². The zero-order valence-electron chi connectivity index (χ0n) is 18.9. The molecule has 2 aromatic carbocycles. The third-order valence-corrected chi connectivity index (χ3v) is 6.26. The second-order valence-corrected chi connectivity index (χ2v) is 8.61. The van der Waals surface area contributed by atoms with Crippen molar-refractivity contribution in [1.82, 2.24) is 10.2 Å². The smallest absolute Gasteiger partial charge is 0.313 e. The van der Waals surface area contributed by atoms with Crippen molar-refractivity contribution in [2.24, 2.45) is 0 Å². The molecule has 32 heavy (non-hydrogen) atoms. The van der Waals surface area contributed by atoms with E-state index in [1.54, 1.807) is 6.07 Å². The lowest BCUT2D eigenvalue weighted by Crippen LogP contribution is -2.45. The highest BCUT2D eigenvalue weighted by Crippen LogP contribution is 2.31. The van der Waals surface area contributed by atoms with Gasteiger partial charge in [-0.3, -0.25) is 14.5 Å². The minimum Gasteiger partial charge on any atom is -0.379 e. The Kier molecular flexibility index (Phi) is 7.07. The molecule has 0 radical (unpaired) electrons. The van der Waals surface area contributed by atoms with Gasteiger partial charge in [0.25, 0.3) is 0 Å². The molecule has 2 heterocycles. The van der Waals surface area contributed by atoms with E-state index in [1.165, 1.54) is 16.8 Å². The highest BCUT2D eigenvalue weighted by molar-refractivity contribution is 6.39. The van der Waals surface area contributed by atoms with Crippen LogP contribution in [0.25, 0.3) is 0 Å². The van der Waals surface area contributed by atoms with E-state index in [0.717, 1.165) is 38.0 Å². The number of benzene rings is 2. The van der Waals surface area contributed by atoms with Gasteiger partial charge in [-0.15, -0.1) is 0 Å². The number of nitrogens with zero attached hydrogens (tertiary/aromatic N) is 2. The molecule has 170 valence electrons. The van der Waals surface area contributed by atoms with Crippen molar-refractivity contribution < 1.29 is 14.3 Å². The average molecular weight is 437 g/mol. The lowest BCUT2D eigenvalue weighted by Gasteiger charge is -2.36. The lowest BCUT2D eigenvalue weighted by atomic mass is 9.95. The van der Waals surface area contributed by atoms with Gasteiger partial charge < -0.3 is 20.3 Å². The number of morpholine rings is 1. The van der Waals surface area contributed by atoms with Crippen LogP contribution in [0.15, 0.2) is 42.5 Å². The molecule has 0 aliphatic carbocycles. The van der Waals surface area contributed by atoms with Crippen LogP contribution in [0.2, 0.25) is 0 Å². The Morgan fingerprint density at radius 3 is 2.66 bits per heavy atom. The highest BCUT2D eigenvalue weighted by Gasteiger charge is 2.26. The molecular weight excluding hydrogens is 404 g/mol. The quantitative estimate of drug-likeness (QED) is 0.705. The summed E-state index contributed by atoms with van der Waals surface area (Å²) in [6.07, 6.45) is 2.21. The first-order chi connectivity index (χ1) is 15.5. The van der Waals surface area contributed by atoms with Crippen LogP contribution >= 0.6 is 0 Å². The number of carbonyl (C=O) groups is 2. The molecule has 1 atom stereocenters. The van der Waals surface area contributed by atoms with Gasteiger partial charge in [0.1, 0.15) is 0 Å². The number of carbonyl (C=O) groups excluding carboxylic acids is 2. The molecule has 0 aromatic heterocycles. The minimum atomic E-state index is -0.650. The van der Waals surface area contributed by atoms with Crippen LogP contribution in [0, 0.1) is 6.92 Å². The van der Waals surface area contributed by atoms with E-state index in [2.05, 4.69) is 45.7 Å². The van der Waals surface area contributed by atoms with Crippen LogP contribution in [0.5, 0.6) is 0 Å².